The summed E-state index contributed by atoms with van der Waals surface area (Å²) in [6.07, 6.45) is 3.17. The van der Waals surface area contributed by atoms with Gasteiger partial charge >= 0.3 is 0 Å². The molecule has 1 amide bonds. The van der Waals surface area contributed by atoms with E-state index in [9.17, 15) is 18.4 Å². The number of nitrogens with zero attached hydrogens (tertiary/aromatic N) is 1. The van der Waals surface area contributed by atoms with Crippen LogP contribution in [-0.2, 0) is 9.59 Å². The number of carbonyl (C=O) groups excluding carboxylic acids is 2. The number of piperidine rings is 1. The van der Waals surface area contributed by atoms with Crippen molar-refractivity contribution in [1.82, 2.24) is 4.90 Å². The molecule has 0 N–H and O–H groups in total. The summed E-state index contributed by atoms with van der Waals surface area (Å²) in [5, 5.41) is 0. The average molecular weight is 353 g/mol. The lowest BCUT2D eigenvalue weighted by atomic mass is 9.94. The SMILES string of the molecule is CC(=O)N1C/C(=C/c2cccc(F)c2)C(=O)/C(=C/c2cccc(F)c2)C1. The Hall–Kier alpha value is -3.08. The monoisotopic (exact) mass is 353 g/mol. The lowest BCUT2D eigenvalue weighted by Crippen LogP contribution is -2.40. The minimum atomic E-state index is -0.401. The molecule has 2 aromatic rings. The largest absolute Gasteiger partial charge is 0.334 e. The Morgan fingerprint density at radius 1 is 0.923 bits per heavy atom. The van der Waals surface area contributed by atoms with Gasteiger partial charge in [0.05, 0.1) is 0 Å². The first-order valence-electron chi connectivity index (χ1n) is 8.15. The second kappa shape index (κ2) is 7.44. The van der Waals surface area contributed by atoms with Crippen LogP contribution in [0.3, 0.4) is 0 Å². The number of hydrogen-bond donors (Lipinski definition) is 0. The highest BCUT2D eigenvalue weighted by atomic mass is 19.1. The summed E-state index contributed by atoms with van der Waals surface area (Å²) in [6, 6.07) is 11.8. The predicted molar refractivity (Wildman–Crippen MR) is 96.0 cm³/mol. The number of Topliss-reactive ketones (excluding diaryl/α,β-unsaturated/α-hetero) is 1. The van der Waals surface area contributed by atoms with Gasteiger partial charge in [-0.3, -0.25) is 9.59 Å². The number of benzene rings is 2. The molecule has 0 atom stereocenters. The molecule has 26 heavy (non-hydrogen) atoms. The van der Waals surface area contributed by atoms with E-state index in [2.05, 4.69) is 0 Å². The van der Waals surface area contributed by atoms with Crippen LogP contribution in [0.4, 0.5) is 8.78 Å². The molecule has 1 heterocycles. The van der Waals surface area contributed by atoms with Gasteiger partial charge in [-0.25, -0.2) is 8.78 Å². The quantitative estimate of drug-likeness (QED) is 0.769. The zero-order valence-electron chi connectivity index (χ0n) is 14.2. The molecule has 132 valence electrons. The third kappa shape index (κ3) is 4.11. The Labute approximate surface area is 150 Å². The van der Waals surface area contributed by atoms with Crippen molar-refractivity contribution < 1.29 is 18.4 Å². The molecule has 3 nitrogen and oxygen atoms in total. The van der Waals surface area contributed by atoms with E-state index < -0.39 is 11.6 Å². The molecule has 3 rings (SSSR count). The van der Waals surface area contributed by atoms with Crippen molar-refractivity contribution >= 4 is 23.8 Å². The van der Waals surface area contributed by atoms with Gasteiger partial charge in [-0.15, -0.1) is 0 Å². The van der Waals surface area contributed by atoms with Crippen LogP contribution in [0.5, 0.6) is 0 Å². The van der Waals surface area contributed by atoms with Crippen LogP contribution in [0, 0.1) is 11.6 Å². The maximum absolute atomic E-state index is 13.4. The fourth-order valence-electron chi connectivity index (χ4n) is 2.86. The van der Waals surface area contributed by atoms with E-state index in [1.807, 2.05) is 0 Å². The van der Waals surface area contributed by atoms with Gasteiger partial charge in [0.15, 0.2) is 5.78 Å². The van der Waals surface area contributed by atoms with Gasteiger partial charge < -0.3 is 4.90 Å². The molecule has 0 saturated carbocycles. The lowest BCUT2D eigenvalue weighted by Gasteiger charge is -2.29. The van der Waals surface area contributed by atoms with Crippen molar-refractivity contribution in [3.63, 3.8) is 0 Å². The Morgan fingerprint density at radius 3 is 1.77 bits per heavy atom. The molecule has 0 aromatic heterocycles. The van der Waals surface area contributed by atoms with E-state index in [4.69, 9.17) is 0 Å². The molecule has 1 fully saturated rings. The lowest BCUT2D eigenvalue weighted by molar-refractivity contribution is -0.129. The molecular weight excluding hydrogens is 336 g/mol. The van der Waals surface area contributed by atoms with E-state index in [1.165, 1.54) is 36.1 Å². The molecule has 0 bridgehead atoms. The van der Waals surface area contributed by atoms with Crippen LogP contribution in [0.25, 0.3) is 12.2 Å². The van der Waals surface area contributed by atoms with Gasteiger partial charge in [0, 0.05) is 31.2 Å². The van der Waals surface area contributed by atoms with Crippen LogP contribution < -0.4 is 0 Å². The second-order valence-corrected chi connectivity index (χ2v) is 6.15. The van der Waals surface area contributed by atoms with Crippen LogP contribution in [0.15, 0.2) is 59.7 Å². The zero-order valence-corrected chi connectivity index (χ0v) is 14.2. The fourth-order valence-corrected chi connectivity index (χ4v) is 2.86. The molecule has 0 aliphatic carbocycles. The van der Waals surface area contributed by atoms with Crippen LogP contribution in [0.2, 0.25) is 0 Å². The normalized spacial score (nSPS) is 17.8. The summed E-state index contributed by atoms with van der Waals surface area (Å²) >= 11 is 0. The summed E-state index contributed by atoms with van der Waals surface area (Å²) < 4.78 is 26.8. The molecule has 0 spiro atoms. The van der Waals surface area contributed by atoms with Gasteiger partial charge in [0.2, 0.25) is 5.91 Å². The Morgan fingerprint density at radius 2 is 1.38 bits per heavy atom. The van der Waals surface area contributed by atoms with E-state index >= 15 is 0 Å². The van der Waals surface area contributed by atoms with E-state index in [1.54, 1.807) is 36.4 Å². The molecule has 0 radical (unpaired) electrons. The number of amides is 1. The average Bonchev–Trinajstić information content (AvgIpc) is 2.58. The number of hydrogen-bond acceptors (Lipinski definition) is 2. The highest BCUT2D eigenvalue weighted by Crippen LogP contribution is 2.22. The summed E-state index contributed by atoms with van der Waals surface area (Å²) in [5.74, 6) is -1.20. The third-order valence-electron chi connectivity index (χ3n) is 4.13. The zero-order chi connectivity index (χ0) is 18.7. The topological polar surface area (TPSA) is 37.4 Å². The van der Waals surface area contributed by atoms with E-state index in [-0.39, 0.29) is 24.8 Å². The smallest absolute Gasteiger partial charge is 0.220 e. The molecule has 5 heteroatoms. The van der Waals surface area contributed by atoms with E-state index in [0.717, 1.165) is 0 Å². The van der Waals surface area contributed by atoms with Crippen molar-refractivity contribution in [2.24, 2.45) is 0 Å². The van der Waals surface area contributed by atoms with Gasteiger partial charge in [-0.05, 0) is 47.5 Å². The van der Waals surface area contributed by atoms with Crippen molar-refractivity contribution in [3.05, 3.63) is 82.4 Å². The Balaban J connectivity index is 2.00. The fraction of sp³-hybridized carbons (Fsp3) is 0.143. The first kappa shape index (κ1) is 17.7. The van der Waals surface area contributed by atoms with Gasteiger partial charge in [-0.2, -0.15) is 0 Å². The summed E-state index contributed by atoms with van der Waals surface area (Å²) in [5.41, 5.74) is 1.87. The maximum atomic E-state index is 13.4. The predicted octanol–water partition coefficient (Wildman–Crippen LogP) is 3.86. The van der Waals surface area contributed by atoms with Crippen molar-refractivity contribution in [2.45, 2.75) is 6.92 Å². The molecule has 1 aliphatic heterocycles. The van der Waals surface area contributed by atoms with Crippen molar-refractivity contribution in [2.75, 3.05) is 13.1 Å². The van der Waals surface area contributed by atoms with Gasteiger partial charge in [0.1, 0.15) is 11.6 Å². The molecule has 1 saturated heterocycles. The van der Waals surface area contributed by atoms with Crippen LogP contribution in [0.1, 0.15) is 18.1 Å². The second-order valence-electron chi connectivity index (χ2n) is 6.15. The number of carbonyl (C=O) groups is 2. The third-order valence-corrected chi connectivity index (χ3v) is 4.13. The summed E-state index contributed by atoms with van der Waals surface area (Å²) in [7, 11) is 0. The van der Waals surface area contributed by atoms with Crippen LogP contribution in [-0.4, -0.2) is 29.7 Å². The number of likely N-dealkylation sites (tertiary alicyclic amines) is 1. The van der Waals surface area contributed by atoms with Gasteiger partial charge in [0.25, 0.3) is 0 Å². The molecule has 1 aliphatic rings. The minimum absolute atomic E-state index is 0.158. The van der Waals surface area contributed by atoms with E-state index in [0.29, 0.717) is 22.3 Å². The first-order chi connectivity index (χ1) is 12.4. The highest BCUT2D eigenvalue weighted by Gasteiger charge is 2.27. The standard InChI is InChI=1S/C21H17F2NO2/c1-14(25)24-12-17(8-15-4-2-6-19(22)10-15)21(26)18(13-24)9-16-5-3-7-20(23)11-16/h2-11H,12-13H2,1H3/b17-8-,18-9+. The first-order valence-corrected chi connectivity index (χ1v) is 8.15. The maximum Gasteiger partial charge on any atom is 0.220 e. The highest BCUT2D eigenvalue weighted by molar-refractivity contribution is 6.15. The number of ketones is 1. The summed E-state index contributed by atoms with van der Waals surface area (Å²) in [4.78, 5) is 26.2. The van der Waals surface area contributed by atoms with Gasteiger partial charge in [-0.1, -0.05) is 24.3 Å². The van der Waals surface area contributed by atoms with Crippen molar-refractivity contribution in [3.8, 4) is 0 Å². The molecule has 2 aromatic carbocycles. The minimum Gasteiger partial charge on any atom is -0.334 e. The molecular formula is C21H17F2NO2. The van der Waals surface area contributed by atoms with Crippen molar-refractivity contribution in [1.29, 1.82) is 0 Å². The number of halogens is 2. The summed E-state index contributed by atoms with van der Waals surface area (Å²) in [6.45, 7) is 1.74. The molecule has 0 unspecified atom stereocenters. The van der Waals surface area contributed by atoms with Crippen LogP contribution >= 0.6 is 0 Å². The Kier molecular flexibility index (Phi) is 5.07. The number of rotatable bonds is 2. The Bertz CT molecular complexity index is 864.